The van der Waals surface area contributed by atoms with Crippen molar-refractivity contribution in [2.75, 3.05) is 39.0 Å². The van der Waals surface area contributed by atoms with Crippen molar-refractivity contribution in [2.24, 2.45) is 13.0 Å². The summed E-state index contributed by atoms with van der Waals surface area (Å²) in [6.07, 6.45) is 9.51. The first-order valence-electron chi connectivity index (χ1n) is 19.4. The normalized spacial score (nSPS) is 18.3. The van der Waals surface area contributed by atoms with E-state index in [-0.39, 0.29) is 23.1 Å². The van der Waals surface area contributed by atoms with Crippen molar-refractivity contribution < 1.29 is 22.7 Å². The van der Waals surface area contributed by atoms with Gasteiger partial charge in [-0.25, -0.2) is 13.1 Å². The number of allylic oxidation sites excluding steroid dienone is 1. The number of aromatic nitrogens is 3. The van der Waals surface area contributed by atoms with Gasteiger partial charge in [-0.2, -0.15) is 5.10 Å². The number of aryl methyl sites for hydroxylation is 2. The van der Waals surface area contributed by atoms with E-state index in [9.17, 15) is 18.0 Å². The zero-order valence-electron chi connectivity index (χ0n) is 32.4. The number of ether oxygens (including phenoxy) is 1. The van der Waals surface area contributed by atoms with E-state index < -0.39 is 15.9 Å². The van der Waals surface area contributed by atoms with Crippen LogP contribution in [0.2, 0.25) is 0 Å². The van der Waals surface area contributed by atoms with Crippen LogP contribution in [0.25, 0.3) is 27.7 Å². The Bertz CT molecular complexity index is 2200. The maximum absolute atomic E-state index is 14.2. The van der Waals surface area contributed by atoms with Crippen LogP contribution in [0.1, 0.15) is 102 Å². The van der Waals surface area contributed by atoms with E-state index in [0.29, 0.717) is 48.4 Å². The van der Waals surface area contributed by atoms with Crippen molar-refractivity contribution in [3.63, 3.8) is 0 Å². The fourth-order valence-corrected chi connectivity index (χ4v) is 10.5. The van der Waals surface area contributed by atoms with Crippen LogP contribution in [0.3, 0.4) is 0 Å². The van der Waals surface area contributed by atoms with Crippen molar-refractivity contribution in [3.8, 4) is 17.0 Å². The molecule has 3 aliphatic rings. The number of piperazine rings is 1. The number of benzene rings is 2. The Hall–Kier alpha value is -4.42. The number of rotatable bonds is 11. The molecule has 11 nitrogen and oxygen atoms in total. The van der Waals surface area contributed by atoms with Gasteiger partial charge in [-0.1, -0.05) is 45.8 Å². The zero-order valence-corrected chi connectivity index (χ0v) is 33.2. The highest BCUT2D eigenvalue weighted by atomic mass is 32.2. The molecule has 2 aliphatic heterocycles. The molecule has 0 radical (unpaired) electrons. The van der Waals surface area contributed by atoms with Crippen LogP contribution in [0.5, 0.6) is 5.75 Å². The van der Waals surface area contributed by atoms with E-state index in [1.165, 1.54) is 18.4 Å². The molecular formula is C42H54N6O5S. The van der Waals surface area contributed by atoms with E-state index in [0.717, 1.165) is 78.7 Å². The number of nitrogens with one attached hydrogen (secondary N) is 1. The molecule has 1 atom stereocenters. The minimum absolute atomic E-state index is 0.0288. The summed E-state index contributed by atoms with van der Waals surface area (Å²) in [7, 11) is -0.315. The highest BCUT2D eigenvalue weighted by molar-refractivity contribution is 7.90. The quantitative estimate of drug-likeness (QED) is 0.180. The predicted octanol–water partition coefficient (Wildman–Crippen LogP) is 6.76. The second kappa shape index (κ2) is 15.4. The Labute approximate surface area is 319 Å². The first kappa shape index (κ1) is 37.9. The molecule has 2 aromatic heterocycles. The van der Waals surface area contributed by atoms with Gasteiger partial charge < -0.3 is 14.2 Å². The number of methoxy groups -OCH3 is 1. The van der Waals surface area contributed by atoms with E-state index >= 15 is 0 Å². The van der Waals surface area contributed by atoms with E-state index in [2.05, 4.69) is 38.9 Å². The predicted molar refractivity (Wildman–Crippen MR) is 213 cm³/mol. The van der Waals surface area contributed by atoms with Crippen LogP contribution >= 0.6 is 0 Å². The third-order valence-corrected chi connectivity index (χ3v) is 13.2. The maximum Gasteiger partial charge on any atom is 0.264 e. The monoisotopic (exact) mass is 754 g/mol. The molecule has 12 heteroatoms. The van der Waals surface area contributed by atoms with Crippen molar-refractivity contribution in [2.45, 2.75) is 84.2 Å². The van der Waals surface area contributed by atoms with Gasteiger partial charge in [0.25, 0.3) is 11.8 Å². The molecule has 2 saturated heterocycles. The molecule has 0 spiro atoms. The van der Waals surface area contributed by atoms with Gasteiger partial charge in [-0.05, 0) is 98.0 Å². The molecule has 1 saturated carbocycles. The summed E-state index contributed by atoms with van der Waals surface area (Å²) in [6.45, 7) is 14.0. The van der Waals surface area contributed by atoms with Gasteiger partial charge in [0, 0.05) is 61.3 Å². The average Bonchev–Trinajstić information content (AvgIpc) is 3.86. The largest absolute Gasteiger partial charge is 0.497 e. The maximum atomic E-state index is 14.2. The summed E-state index contributed by atoms with van der Waals surface area (Å²) >= 11 is 0. The summed E-state index contributed by atoms with van der Waals surface area (Å²) in [5.74, 6) is 0.0881. The summed E-state index contributed by atoms with van der Waals surface area (Å²) in [4.78, 5) is 32.2. The Kier molecular flexibility index (Phi) is 10.8. The lowest BCUT2D eigenvalue weighted by Crippen LogP contribution is -2.52. The van der Waals surface area contributed by atoms with Gasteiger partial charge in [0.05, 0.1) is 36.0 Å². The number of fused-ring (bicyclic) bond motifs is 2. The molecule has 0 bridgehead atoms. The first-order chi connectivity index (χ1) is 25.8. The number of sulfonamides is 1. The molecule has 1 aliphatic carbocycles. The minimum atomic E-state index is -3.83. The third-order valence-electron chi connectivity index (χ3n) is 11.6. The van der Waals surface area contributed by atoms with Gasteiger partial charge in [-0.15, -0.1) is 0 Å². The summed E-state index contributed by atoms with van der Waals surface area (Å²) in [5.41, 5.74) is 7.35. The zero-order chi connectivity index (χ0) is 38.3. The van der Waals surface area contributed by atoms with Crippen LogP contribution in [0.15, 0.2) is 49.2 Å². The van der Waals surface area contributed by atoms with Crippen molar-refractivity contribution in [1.29, 1.82) is 0 Å². The summed E-state index contributed by atoms with van der Waals surface area (Å²) < 4.78 is 37.6. The molecule has 4 aromatic rings. The number of hydrogen-bond acceptors (Lipinski definition) is 7. The van der Waals surface area contributed by atoms with Gasteiger partial charge in [-0.3, -0.25) is 19.2 Å². The van der Waals surface area contributed by atoms with Crippen molar-refractivity contribution >= 4 is 38.3 Å². The van der Waals surface area contributed by atoms with E-state index in [1.54, 1.807) is 24.1 Å². The number of hydrogen-bond donors (Lipinski definition) is 1. The van der Waals surface area contributed by atoms with E-state index in [4.69, 9.17) is 4.74 Å². The number of amides is 2. The number of carbonyl (C=O) groups is 2. The minimum Gasteiger partial charge on any atom is -0.497 e. The lowest BCUT2D eigenvalue weighted by molar-refractivity contribution is 0.0571. The smallest absolute Gasteiger partial charge is 0.264 e. The highest BCUT2D eigenvalue weighted by Gasteiger charge is 2.35. The number of nitrogens with zero attached hydrogens (tertiary/aromatic N) is 5. The second-order valence-corrected chi connectivity index (χ2v) is 17.7. The standard InChI is InChI=1S/C42H54N6O5S/c1-27(2)26-54(51,52)44-41(49)31-14-16-35-37(22-31)48(40(38(35)30-11-8-7-9-12-30)34-17-15-33(53-6)21-28(34)3)24-29(4)39-36(23-43-45(39)5)42(50)47-20-19-46-18-10-13-32(46)25-47/h14-17,21-23,27,30,32H,4,7-13,18-20,24-26H2,1-3,5-6H3,(H,44,49). The van der Waals surface area contributed by atoms with Crippen molar-refractivity contribution in [3.05, 3.63) is 77.1 Å². The topological polar surface area (TPSA) is 119 Å². The molecule has 2 amide bonds. The van der Waals surface area contributed by atoms with Gasteiger partial charge in [0.15, 0.2) is 0 Å². The fourth-order valence-electron chi connectivity index (χ4n) is 9.11. The van der Waals surface area contributed by atoms with E-state index in [1.807, 2.05) is 50.1 Å². The number of carbonyl (C=O) groups excluding carboxylic acids is 2. The lowest BCUT2D eigenvalue weighted by atomic mass is 9.81. The Balaban J connectivity index is 1.36. The molecule has 288 valence electrons. The van der Waals surface area contributed by atoms with Gasteiger partial charge >= 0.3 is 0 Å². The molecule has 1 N–H and O–H groups in total. The molecule has 7 rings (SSSR count). The van der Waals surface area contributed by atoms with Crippen LogP contribution in [-0.4, -0.2) is 89.5 Å². The summed E-state index contributed by atoms with van der Waals surface area (Å²) in [6, 6.07) is 12.0. The second-order valence-electron chi connectivity index (χ2n) is 15.9. The lowest BCUT2D eigenvalue weighted by Gasteiger charge is -2.37. The fraction of sp³-hybridized carbons (Fsp3) is 0.500. The summed E-state index contributed by atoms with van der Waals surface area (Å²) in [5, 5.41) is 5.60. The highest BCUT2D eigenvalue weighted by Crippen LogP contribution is 2.46. The molecule has 54 heavy (non-hydrogen) atoms. The molecule has 2 aromatic carbocycles. The van der Waals surface area contributed by atoms with Crippen molar-refractivity contribution in [1.82, 2.24) is 28.9 Å². The molecular weight excluding hydrogens is 701 g/mol. The average molecular weight is 755 g/mol. The van der Waals surface area contributed by atoms with Gasteiger partial charge in [0.2, 0.25) is 10.0 Å². The Morgan fingerprint density at radius 2 is 1.80 bits per heavy atom. The SMILES string of the molecule is C=C(Cn1c(-c2ccc(OC)cc2C)c(C2CCCCC2)c2ccc(C(=O)NS(=O)(=O)CC(C)C)cc21)c1c(C(=O)N2CCN3CCCC3C2)cnn1C. The molecule has 3 fully saturated rings. The third kappa shape index (κ3) is 7.47. The Morgan fingerprint density at radius 1 is 1.02 bits per heavy atom. The van der Waals surface area contributed by atoms with Crippen LogP contribution in [0.4, 0.5) is 0 Å². The van der Waals surface area contributed by atoms with Crippen LogP contribution in [-0.2, 0) is 23.6 Å². The van der Waals surface area contributed by atoms with Crippen LogP contribution in [0, 0.1) is 12.8 Å². The molecule has 1 unspecified atom stereocenters. The Morgan fingerprint density at radius 3 is 2.52 bits per heavy atom. The van der Waals surface area contributed by atoms with Crippen LogP contribution < -0.4 is 9.46 Å². The molecule has 4 heterocycles. The van der Waals surface area contributed by atoms with Gasteiger partial charge in [0.1, 0.15) is 5.75 Å². The first-order valence-corrected chi connectivity index (χ1v) is 21.1.